The maximum absolute atomic E-state index is 12.8. The highest BCUT2D eigenvalue weighted by atomic mass is 35.5. The van der Waals surface area contributed by atoms with E-state index in [1.807, 2.05) is 67.4 Å². The highest BCUT2D eigenvalue weighted by Gasteiger charge is 2.43. The van der Waals surface area contributed by atoms with Crippen molar-refractivity contribution in [3.63, 3.8) is 0 Å². The lowest BCUT2D eigenvalue weighted by molar-refractivity contribution is -0.128. The Morgan fingerprint density at radius 3 is 2.27 bits per heavy atom. The van der Waals surface area contributed by atoms with Crippen LogP contribution in [0.25, 0.3) is 0 Å². The lowest BCUT2D eigenvalue weighted by Crippen LogP contribution is -2.40. The van der Waals surface area contributed by atoms with E-state index in [0.717, 1.165) is 16.8 Å². The summed E-state index contributed by atoms with van der Waals surface area (Å²) in [6, 6.07) is 14.4. The molecule has 3 amide bonds. The maximum Gasteiger partial charge on any atom is 0.333 e. The molecule has 0 radical (unpaired) electrons. The molecule has 0 spiro atoms. The Labute approximate surface area is 158 Å². The van der Waals surface area contributed by atoms with Crippen molar-refractivity contribution in [2.24, 2.45) is 0 Å². The number of hydrogen-bond acceptors (Lipinski definition) is 3. The van der Waals surface area contributed by atoms with E-state index in [1.54, 1.807) is 11.8 Å². The SMILES string of the molecule is Cc1ccc(N2C(=O)N(CN(C)Cc3ccc(Cl)cc3)C(=O)[C@H]2C)cc1. The Hall–Kier alpha value is -2.37. The number of urea groups is 1. The van der Waals surface area contributed by atoms with E-state index >= 15 is 0 Å². The van der Waals surface area contributed by atoms with Crippen LogP contribution in [0.2, 0.25) is 5.02 Å². The molecular formula is C20H22ClN3O2. The topological polar surface area (TPSA) is 43.9 Å². The number of anilines is 1. The zero-order chi connectivity index (χ0) is 18.8. The first kappa shape index (κ1) is 18.4. The molecule has 5 nitrogen and oxygen atoms in total. The molecule has 1 saturated heterocycles. The van der Waals surface area contributed by atoms with Crippen molar-refractivity contribution in [3.8, 4) is 0 Å². The molecule has 0 aliphatic carbocycles. The molecule has 26 heavy (non-hydrogen) atoms. The van der Waals surface area contributed by atoms with Gasteiger partial charge in [-0.25, -0.2) is 9.69 Å². The van der Waals surface area contributed by atoms with Crippen LogP contribution in [0.15, 0.2) is 48.5 Å². The van der Waals surface area contributed by atoms with Gasteiger partial charge in [-0.05, 0) is 50.7 Å². The van der Waals surface area contributed by atoms with E-state index in [2.05, 4.69) is 0 Å². The summed E-state index contributed by atoms with van der Waals surface area (Å²) in [5.41, 5.74) is 2.92. The molecule has 0 saturated carbocycles. The lowest BCUT2D eigenvalue weighted by Gasteiger charge is -2.23. The molecule has 1 aliphatic rings. The van der Waals surface area contributed by atoms with E-state index < -0.39 is 6.04 Å². The molecule has 6 heteroatoms. The van der Waals surface area contributed by atoms with Crippen molar-refractivity contribution in [1.29, 1.82) is 0 Å². The van der Waals surface area contributed by atoms with Crippen molar-refractivity contribution in [2.75, 3.05) is 18.6 Å². The minimum Gasteiger partial charge on any atom is -0.284 e. The van der Waals surface area contributed by atoms with Crippen LogP contribution in [0.3, 0.4) is 0 Å². The summed E-state index contributed by atoms with van der Waals surface area (Å²) >= 11 is 5.91. The second-order valence-electron chi connectivity index (χ2n) is 6.71. The molecule has 2 aromatic rings. The van der Waals surface area contributed by atoms with Crippen LogP contribution in [0.4, 0.5) is 10.5 Å². The van der Waals surface area contributed by atoms with E-state index in [1.165, 1.54) is 4.90 Å². The highest BCUT2D eigenvalue weighted by molar-refractivity contribution is 6.30. The van der Waals surface area contributed by atoms with E-state index in [4.69, 9.17) is 11.6 Å². The van der Waals surface area contributed by atoms with Gasteiger partial charge in [-0.15, -0.1) is 0 Å². The Balaban J connectivity index is 1.71. The third-order valence-corrected chi connectivity index (χ3v) is 4.76. The second kappa shape index (κ2) is 7.48. The van der Waals surface area contributed by atoms with Crippen molar-refractivity contribution in [3.05, 3.63) is 64.7 Å². The van der Waals surface area contributed by atoms with Gasteiger partial charge in [-0.2, -0.15) is 0 Å². The number of imide groups is 1. The second-order valence-corrected chi connectivity index (χ2v) is 7.15. The van der Waals surface area contributed by atoms with Crippen LogP contribution in [-0.2, 0) is 11.3 Å². The van der Waals surface area contributed by atoms with Crippen molar-refractivity contribution >= 4 is 29.2 Å². The zero-order valence-corrected chi connectivity index (χ0v) is 15.9. The van der Waals surface area contributed by atoms with E-state index in [9.17, 15) is 9.59 Å². The standard InChI is InChI=1S/C20H22ClN3O2/c1-14-4-10-18(11-5-14)24-15(2)19(25)23(20(24)26)13-22(3)12-16-6-8-17(21)9-7-16/h4-11,15H,12-13H2,1-3H3/t15-/m1/s1. The molecule has 1 heterocycles. The molecule has 0 unspecified atom stereocenters. The normalized spacial score (nSPS) is 17.5. The van der Waals surface area contributed by atoms with Gasteiger partial charge >= 0.3 is 6.03 Å². The number of amides is 3. The minimum atomic E-state index is -0.505. The van der Waals surface area contributed by atoms with Gasteiger partial charge in [0, 0.05) is 17.3 Å². The molecule has 136 valence electrons. The van der Waals surface area contributed by atoms with Gasteiger partial charge in [0.25, 0.3) is 5.91 Å². The Morgan fingerprint density at radius 1 is 1.04 bits per heavy atom. The number of carbonyl (C=O) groups excluding carboxylic acids is 2. The van der Waals surface area contributed by atoms with E-state index in [-0.39, 0.29) is 18.6 Å². The van der Waals surface area contributed by atoms with Gasteiger partial charge in [0.2, 0.25) is 0 Å². The fourth-order valence-corrected chi connectivity index (χ4v) is 3.21. The molecule has 1 aliphatic heterocycles. The molecule has 0 aromatic heterocycles. The molecule has 1 fully saturated rings. The highest BCUT2D eigenvalue weighted by Crippen LogP contribution is 2.26. The first-order valence-electron chi connectivity index (χ1n) is 8.51. The molecule has 0 bridgehead atoms. The first-order chi connectivity index (χ1) is 12.4. The number of carbonyl (C=O) groups is 2. The minimum absolute atomic E-state index is 0.182. The van der Waals surface area contributed by atoms with Crippen molar-refractivity contribution in [1.82, 2.24) is 9.80 Å². The Bertz CT molecular complexity index is 805. The number of nitrogens with zero attached hydrogens (tertiary/aromatic N) is 3. The summed E-state index contributed by atoms with van der Waals surface area (Å²) in [6.07, 6.45) is 0. The summed E-state index contributed by atoms with van der Waals surface area (Å²) in [5, 5.41) is 0.684. The van der Waals surface area contributed by atoms with Gasteiger partial charge in [0.15, 0.2) is 0 Å². The Kier molecular flexibility index (Phi) is 5.30. The average molecular weight is 372 g/mol. The summed E-state index contributed by atoms with van der Waals surface area (Å²) in [6.45, 7) is 4.61. The molecule has 2 aromatic carbocycles. The predicted molar refractivity (Wildman–Crippen MR) is 103 cm³/mol. The van der Waals surface area contributed by atoms with Crippen molar-refractivity contribution < 1.29 is 9.59 Å². The number of aryl methyl sites for hydroxylation is 1. The summed E-state index contributed by atoms with van der Waals surface area (Å²) in [5.74, 6) is -0.182. The number of rotatable bonds is 5. The zero-order valence-electron chi connectivity index (χ0n) is 15.1. The third-order valence-electron chi connectivity index (χ3n) is 4.51. The number of halogens is 1. The van der Waals surface area contributed by atoms with Crippen LogP contribution in [-0.4, -0.2) is 41.5 Å². The van der Waals surface area contributed by atoms with Crippen LogP contribution in [0, 0.1) is 6.92 Å². The maximum atomic E-state index is 12.8. The smallest absolute Gasteiger partial charge is 0.284 e. The van der Waals surface area contributed by atoms with Crippen LogP contribution >= 0.6 is 11.6 Å². The van der Waals surface area contributed by atoms with Gasteiger partial charge in [-0.1, -0.05) is 41.4 Å². The fourth-order valence-electron chi connectivity index (χ4n) is 3.09. The van der Waals surface area contributed by atoms with Crippen LogP contribution < -0.4 is 4.90 Å². The van der Waals surface area contributed by atoms with Gasteiger partial charge < -0.3 is 0 Å². The molecule has 3 rings (SSSR count). The van der Waals surface area contributed by atoms with Gasteiger partial charge in [-0.3, -0.25) is 14.6 Å². The van der Waals surface area contributed by atoms with Gasteiger partial charge in [0.1, 0.15) is 6.04 Å². The van der Waals surface area contributed by atoms with Crippen LogP contribution in [0.1, 0.15) is 18.1 Å². The van der Waals surface area contributed by atoms with Crippen molar-refractivity contribution in [2.45, 2.75) is 26.4 Å². The Morgan fingerprint density at radius 2 is 1.65 bits per heavy atom. The lowest BCUT2D eigenvalue weighted by atomic mass is 10.2. The number of hydrogen-bond donors (Lipinski definition) is 0. The van der Waals surface area contributed by atoms with E-state index in [0.29, 0.717) is 11.6 Å². The molecular weight excluding hydrogens is 350 g/mol. The number of benzene rings is 2. The van der Waals surface area contributed by atoms with Crippen LogP contribution in [0.5, 0.6) is 0 Å². The quantitative estimate of drug-likeness (QED) is 0.749. The molecule has 1 atom stereocenters. The largest absolute Gasteiger partial charge is 0.333 e. The summed E-state index contributed by atoms with van der Waals surface area (Å²) in [7, 11) is 1.88. The summed E-state index contributed by atoms with van der Waals surface area (Å²) in [4.78, 5) is 30.2. The predicted octanol–water partition coefficient (Wildman–Crippen LogP) is 3.90. The molecule has 0 N–H and O–H groups in total. The average Bonchev–Trinajstić information content (AvgIpc) is 2.82. The summed E-state index contributed by atoms with van der Waals surface area (Å²) < 4.78 is 0. The fraction of sp³-hybridized carbons (Fsp3) is 0.300. The third kappa shape index (κ3) is 3.74. The van der Waals surface area contributed by atoms with Gasteiger partial charge in [0.05, 0.1) is 6.67 Å². The monoisotopic (exact) mass is 371 g/mol. The first-order valence-corrected chi connectivity index (χ1v) is 8.89.